The fourth-order valence-corrected chi connectivity index (χ4v) is 4.67. The summed E-state index contributed by atoms with van der Waals surface area (Å²) < 4.78 is 11.2. The van der Waals surface area contributed by atoms with Gasteiger partial charge < -0.3 is 14.8 Å². The second-order valence-electron chi connectivity index (χ2n) is 9.89. The molecule has 2 aliphatic carbocycles. The van der Waals surface area contributed by atoms with E-state index in [4.69, 9.17) is 9.47 Å². The summed E-state index contributed by atoms with van der Waals surface area (Å²) in [6, 6.07) is 0.276. The zero-order valence-corrected chi connectivity index (χ0v) is 17.7. The van der Waals surface area contributed by atoms with Gasteiger partial charge in [0, 0.05) is 6.04 Å². The molecule has 1 N–H and O–H groups in total. The Balaban J connectivity index is 1.69. The van der Waals surface area contributed by atoms with Crippen molar-refractivity contribution in [2.45, 2.75) is 110 Å². The Morgan fingerprint density at radius 1 is 1.08 bits per heavy atom. The van der Waals surface area contributed by atoms with Crippen LogP contribution in [0.3, 0.4) is 0 Å². The number of hydrogen-bond donors (Lipinski definition) is 1. The van der Waals surface area contributed by atoms with Gasteiger partial charge in [-0.25, -0.2) is 4.79 Å². The molecule has 1 amide bonds. The van der Waals surface area contributed by atoms with E-state index >= 15 is 0 Å². The molecule has 2 aliphatic rings. The van der Waals surface area contributed by atoms with Crippen molar-refractivity contribution in [1.82, 2.24) is 5.32 Å². The summed E-state index contributed by atoms with van der Waals surface area (Å²) in [5.41, 5.74) is -0.207. The van der Waals surface area contributed by atoms with Crippen molar-refractivity contribution in [3.05, 3.63) is 0 Å². The molecule has 0 radical (unpaired) electrons. The molecule has 2 fully saturated rings. The first-order chi connectivity index (χ1) is 12.2. The van der Waals surface area contributed by atoms with Gasteiger partial charge in [0.15, 0.2) is 0 Å². The zero-order chi connectivity index (χ0) is 19.2. The van der Waals surface area contributed by atoms with Crippen molar-refractivity contribution in [3.63, 3.8) is 0 Å². The highest BCUT2D eigenvalue weighted by Gasteiger charge is 2.28. The molecular formula is C22H41NO3. The lowest BCUT2D eigenvalue weighted by atomic mass is 9.74. The first-order valence-electron chi connectivity index (χ1n) is 10.8. The van der Waals surface area contributed by atoms with Crippen LogP contribution >= 0.6 is 0 Å². The van der Waals surface area contributed by atoms with Crippen molar-refractivity contribution in [3.8, 4) is 0 Å². The number of nitrogens with one attached hydrogen (secondary N) is 1. The van der Waals surface area contributed by atoms with Crippen LogP contribution in [-0.2, 0) is 9.47 Å². The van der Waals surface area contributed by atoms with Crippen molar-refractivity contribution in [2.75, 3.05) is 6.61 Å². The van der Waals surface area contributed by atoms with Gasteiger partial charge in [-0.2, -0.15) is 0 Å². The minimum atomic E-state index is -0.285. The van der Waals surface area contributed by atoms with Gasteiger partial charge in [0.05, 0.1) is 12.2 Å². The summed E-state index contributed by atoms with van der Waals surface area (Å²) in [4.78, 5) is 12.2. The van der Waals surface area contributed by atoms with Gasteiger partial charge in [-0.1, -0.05) is 39.0 Å². The molecule has 5 unspecified atom stereocenters. The van der Waals surface area contributed by atoms with Crippen LogP contribution in [0.15, 0.2) is 0 Å². The second-order valence-corrected chi connectivity index (χ2v) is 9.89. The molecule has 4 nitrogen and oxygen atoms in total. The van der Waals surface area contributed by atoms with E-state index in [2.05, 4.69) is 12.2 Å². The van der Waals surface area contributed by atoms with Gasteiger partial charge in [0.2, 0.25) is 0 Å². The van der Waals surface area contributed by atoms with Gasteiger partial charge in [-0.05, 0) is 71.1 Å². The monoisotopic (exact) mass is 367 g/mol. The van der Waals surface area contributed by atoms with E-state index in [1.807, 2.05) is 27.7 Å². The molecule has 0 aromatic rings. The number of carbonyl (C=O) groups excluding carboxylic acids is 1. The summed E-state index contributed by atoms with van der Waals surface area (Å²) >= 11 is 0. The third kappa shape index (κ3) is 8.28. The molecule has 0 spiro atoms. The molecule has 26 heavy (non-hydrogen) atoms. The maximum absolute atomic E-state index is 12.2. The predicted molar refractivity (Wildman–Crippen MR) is 106 cm³/mol. The molecule has 0 saturated heterocycles. The Labute approximate surface area is 160 Å². The highest BCUT2D eigenvalue weighted by molar-refractivity contribution is 5.67. The molecule has 5 atom stereocenters. The number of ether oxygens (including phenoxy) is 2. The summed E-state index contributed by atoms with van der Waals surface area (Å²) in [6.07, 6.45) is 11.2. The van der Waals surface area contributed by atoms with Crippen LogP contribution in [0.5, 0.6) is 0 Å². The second kappa shape index (κ2) is 9.96. The molecule has 0 heterocycles. The lowest BCUT2D eigenvalue weighted by Gasteiger charge is -2.34. The van der Waals surface area contributed by atoms with Crippen LogP contribution in [0.1, 0.15) is 92.4 Å². The molecule has 2 rings (SSSR count). The normalized spacial score (nSPS) is 31.3. The minimum Gasteiger partial charge on any atom is -0.444 e. The Bertz CT molecular complexity index is 432. The van der Waals surface area contributed by atoms with Crippen LogP contribution in [0.2, 0.25) is 0 Å². The Morgan fingerprint density at radius 3 is 2.38 bits per heavy atom. The fourth-order valence-electron chi connectivity index (χ4n) is 4.67. The smallest absolute Gasteiger partial charge is 0.407 e. The largest absolute Gasteiger partial charge is 0.444 e. The van der Waals surface area contributed by atoms with Crippen molar-refractivity contribution < 1.29 is 14.3 Å². The third-order valence-electron chi connectivity index (χ3n) is 5.88. The SMILES string of the molecule is CC1CCCC(CC2CCCC(NC(=O)OC(C)COC(C)(C)C)C2)C1. The minimum absolute atomic E-state index is 0.207. The molecule has 0 aromatic carbocycles. The molecule has 2 saturated carbocycles. The maximum Gasteiger partial charge on any atom is 0.407 e. The number of hydrogen-bond acceptors (Lipinski definition) is 3. The van der Waals surface area contributed by atoms with E-state index in [1.165, 1.54) is 44.9 Å². The van der Waals surface area contributed by atoms with Crippen LogP contribution in [0, 0.1) is 17.8 Å². The predicted octanol–water partition coefficient (Wildman–Crippen LogP) is 5.69. The highest BCUT2D eigenvalue weighted by Crippen LogP contribution is 2.37. The van der Waals surface area contributed by atoms with E-state index in [0.29, 0.717) is 6.61 Å². The van der Waals surface area contributed by atoms with E-state index in [0.717, 1.165) is 30.6 Å². The summed E-state index contributed by atoms with van der Waals surface area (Å²) in [7, 11) is 0. The number of rotatable bonds is 6. The van der Waals surface area contributed by atoms with Gasteiger partial charge in [0.25, 0.3) is 0 Å². The molecular weight excluding hydrogens is 326 g/mol. The number of amides is 1. The fraction of sp³-hybridized carbons (Fsp3) is 0.955. The third-order valence-corrected chi connectivity index (χ3v) is 5.88. The lowest BCUT2D eigenvalue weighted by Crippen LogP contribution is -2.41. The molecule has 0 aromatic heterocycles. The molecule has 0 aliphatic heterocycles. The Morgan fingerprint density at radius 2 is 1.73 bits per heavy atom. The van der Waals surface area contributed by atoms with Gasteiger partial charge in [0.1, 0.15) is 6.10 Å². The van der Waals surface area contributed by atoms with E-state index < -0.39 is 0 Å². The highest BCUT2D eigenvalue weighted by atomic mass is 16.6. The van der Waals surface area contributed by atoms with E-state index in [1.54, 1.807) is 0 Å². The molecule has 4 heteroatoms. The van der Waals surface area contributed by atoms with Crippen LogP contribution in [0.25, 0.3) is 0 Å². The van der Waals surface area contributed by atoms with Crippen LogP contribution < -0.4 is 5.32 Å². The van der Waals surface area contributed by atoms with Crippen molar-refractivity contribution >= 4 is 6.09 Å². The Hall–Kier alpha value is -0.770. The van der Waals surface area contributed by atoms with Gasteiger partial charge in [-0.15, -0.1) is 0 Å². The summed E-state index contributed by atoms with van der Waals surface area (Å²) in [5, 5.41) is 3.11. The van der Waals surface area contributed by atoms with Crippen molar-refractivity contribution in [1.29, 1.82) is 0 Å². The van der Waals surface area contributed by atoms with Crippen LogP contribution in [-0.4, -0.2) is 30.4 Å². The number of carbonyl (C=O) groups is 1. The molecule has 0 bridgehead atoms. The average Bonchev–Trinajstić information content (AvgIpc) is 2.52. The average molecular weight is 368 g/mol. The van der Waals surface area contributed by atoms with E-state index in [9.17, 15) is 4.79 Å². The van der Waals surface area contributed by atoms with Crippen molar-refractivity contribution in [2.24, 2.45) is 17.8 Å². The lowest BCUT2D eigenvalue weighted by molar-refractivity contribution is -0.0481. The summed E-state index contributed by atoms with van der Waals surface area (Å²) in [6.45, 7) is 10.8. The summed E-state index contributed by atoms with van der Waals surface area (Å²) in [5.74, 6) is 2.58. The van der Waals surface area contributed by atoms with Crippen LogP contribution in [0.4, 0.5) is 4.79 Å². The number of alkyl carbamates (subject to hydrolysis) is 1. The molecule has 152 valence electrons. The maximum atomic E-state index is 12.2. The van der Waals surface area contributed by atoms with Gasteiger partial charge in [-0.3, -0.25) is 0 Å². The first-order valence-corrected chi connectivity index (χ1v) is 10.8. The van der Waals surface area contributed by atoms with Gasteiger partial charge >= 0.3 is 6.09 Å². The van der Waals surface area contributed by atoms with E-state index in [-0.39, 0.29) is 23.8 Å². The standard InChI is InChI=1S/C22H41NO3/c1-16-8-6-9-18(12-16)13-19-10-7-11-20(14-19)23-21(24)26-17(2)15-25-22(3,4)5/h16-20H,6-15H2,1-5H3,(H,23,24). The first kappa shape index (κ1) is 21.5. The topological polar surface area (TPSA) is 47.6 Å². The quantitative estimate of drug-likeness (QED) is 0.656. The Kier molecular flexibility index (Phi) is 8.25. The zero-order valence-electron chi connectivity index (χ0n) is 17.7.